The van der Waals surface area contributed by atoms with E-state index in [0.717, 1.165) is 0 Å². The van der Waals surface area contributed by atoms with Crippen molar-refractivity contribution in [3.63, 3.8) is 0 Å². The molecule has 0 spiro atoms. The molecule has 5 nitrogen and oxygen atoms in total. The van der Waals surface area contributed by atoms with E-state index in [1.54, 1.807) is 18.2 Å². The van der Waals surface area contributed by atoms with Crippen LogP contribution in [0, 0.1) is 0 Å². The molecule has 0 aliphatic rings. The number of furan rings is 1. The van der Waals surface area contributed by atoms with Crippen molar-refractivity contribution in [2.45, 2.75) is 0 Å². The van der Waals surface area contributed by atoms with Gasteiger partial charge in [0.25, 0.3) is 5.91 Å². The molecule has 1 aromatic heterocycles. The Morgan fingerprint density at radius 3 is 2.53 bits per heavy atom. The summed E-state index contributed by atoms with van der Waals surface area (Å²) in [5.41, 5.74) is 0.844. The summed E-state index contributed by atoms with van der Waals surface area (Å²) in [6.07, 6.45) is 2.77. The first-order chi connectivity index (χ1) is 9.15. The Bertz CT molecular complexity index is 581. The van der Waals surface area contributed by atoms with Gasteiger partial charge in [0.05, 0.1) is 36.8 Å². The van der Waals surface area contributed by atoms with Crippen molar-refractivity contribution < 1.29 is 18.7 Å². The third kappa shape index (κ3) is 2.82. The molecule has 0 atom stereocenters. The van der Waals surface area contributed by atoms with Crippen LogP contribution in [-0.2, 0) is 0 Å². The van der Waals surface area contributed by atoms with E-state index in [9.17, 15) is 4.79 Å². The number of halogens is 1. The third-order valence-corrected chi connectivity index (χ3v) is 2.82. The molecule has 100 valence electrons. The maximum absolute atomic E-state index is 11.9. The Morgan fingerprint density at radius 1 is 1.26 bits per heavy atom. The molecule has 0 saturated heterocycles. The number of methoxy groups -OCH3 is 2. The van der Waals surface area contributed by atoms with E-state index in [1.165, 1.54) is 26.7 Å². The molecule has 0 saturated carbocycles. The smallest absolute Gasteiger partial charge is 0.258 e. The molecule has 0 radical (unpaired) electrons. The topological polar surface area (TPSA) is 60.7 Å². The molecule has 0 aliphatic heterocycles. The van der Waals surface area contributed by atoms with Gasteiger partial charge in [-0.2, -0.15) is 0 Å². The second-order valence-corrected chi connectivity index (χ2v) is 4.06. The number of rotatable bonds is 4. The number of anilines is 1. The minimum absolute atomic E-state index is 0.317. The van der Waals surface area contributed by atoms with Crippen molar-refractivity contribution in [3.8, 4) is 11.5 Å². The fourth-order valence-electron chi connectivity index (χ4n) is 1.54. The summed E-state index contributed by atoms with van der Waals surface area (Å²) in [6, 6.07) is 4.73. The molecule has 6 heteroatoms. The van der Waals surface area contributed by atoms with E-state index in [2.05, 4.69) is 5.32 Å². The lowest BCUT2D eigenvalue weighted by atomic mass is 10.2. The van der Waals surface area contributed by atoms with E-state index in [4.69, 9.17) is 25.5 Å². The summed E-state index contributed by atoms with van der Waals surface area (Å²) in [6.45, 7) is 0. The lowest BCUT2D eigenvalue weighted by Gasteiger charge is -2.12. The lowest BCUT2D eigenvalue weighted by Crippen LogP contribution is -2.11. The number of nitrogens with one attached hydrogen (secondary N) is 1. The van der Waals surface area contributed by atoms with Crippen molar-refractivity contribution in [3.05, 3.63) is 41.3 Å². The number of carbonyl (C=O) groups is 1. The van der Waals surface area contributed by atoms with Crippen LogP contribution in [0.2, 0.25) is 5.02 Å². The molecule has 2 aromatic rings. The molecule has 2 rings (SSSR count). The number of benzene rings is 1. The van der Waals surface area contributed by atoms with Crippen LogP contribution in [0.5, 0.6) is 11.5 Å². The van der Waals surface area contributed by atoms with Crippen LogP contribution < -0.4 is 14.8 Å². The Morgan fingerprint density at radius 2 is 1.95 bits per heavy atom. The molecule has 1 N–H and O–H groups in total. The van der Waals surface area contributed by atoms with Gasteiger partial charge in [-0.15, -0.1) is 0 Å². The summed E-state index contributed by atoms with van der Waals surface area (Å²) in [5, 5.41) is 3.03. The third-order valence-electron chi connectivity index (χ3n) is 2.50. The van der Waals surface area contributed by atoms with Crippen molar-refractivity contribution in [1.29, 1.82) is 0 Å². The van der Waals surface area contributed by atoms with Gasteiger partial charge in [0.2, 0.25) is 0 Å². The average molecular weight is 282 g/mol. The number of ether oxygens (including phenoxy) is 2. The maximum Gasteiger partial charge on any atom is 0.258 e. The van der Waals surface area contributed by atoms with Crippen LogP contribution in [0.15, 0.2) is 35.1 Å². The summed E-state index contributed by atoms with van der Waals surface area (Å²) in [7, 11) is 3.02. The standard InChI is InChI=1S/C13H12ClNO4/c1-17-11-5-9(14)10(6-12(11)18-2)15-13(16)8-3-4-19-7-8/h3-7H,1-2H3,(H,15,16). The second kappa shape index (κ2) is 5.67. The van der Waals surface area contributed by atoms with Gasteiger partial charge in [-0.25, -0.2) is 0 Å². The molecule has 19 heavy (non-hydrogen) atoms. The Balaban J connectivity index is 2.28. The number of hydrogen-bond donors (Lipinski definition) is 1. The maximum atomic E-state index is 11.9. The van der Waals surface area contributed by atoms with E-state index < -0.39 is 0 Å². The van der Waals surface area contributed by atoms with Crippen molar-refractivity contribution in [1.82, 2.24) is 0 Å². The summed E-state index contributed by atoms with van der Waals surface area (Å²) >= 11 is 6.07. The molecule has 0 unspecified atom stereocenters. The summed E-state index contributed by atoms with van der Waals surface area (Å²) in [5.74, 6) is 0.658. The molecule has 1 heterocycles. The van der Waals surface area contributed by atoms with E-state index >= 15 is 0 Å². The molecule has 0 bridgehead atoms. The molecular weight excluding hydrogens is 270 g/mol. The van der Waals surface area contributed by atoms with Gasteiger partial charge in [-0.05, 0) is 6.07 Å². The highest BCUT2D eigenvalue weighted by Crippen LogP contribution is 2.36. The van der Waals surface area contributed by atoms with Crippen molar-refractivity contribution in [2.24, 2.45) is 0 Å². The van der Waals surface area contributed by atoms with Gasteiger partial charge in [0.15, 0.2) is 11.5 Å². The highest BCUT2D eigenvalue weighted by Gasteiger charge is 2.13. The van der Waals surface area contributed by atoms with Crippen LogP contribution in [0.1, 0.15) is 10.4 Å². The van der Waals surface area contributed by atoms with Gasteiger partial charge < -0.3 is 19.2 Å². The zero-order valence-electron chi connectivity index (χ0n) is 10.4. The Kier molecular flexibility index (Phi) is 3.97. The highest BCUT2D eigenvalue weighted by molar-refractivity contribution is 6.34. The van der Waals surface area contributed by atoms with Crippen LogP contribution >= 0.6 is 11.6 Å². The Hall–Kier alpha value is -2.14. The first-order valence-electron chi connectivity index (χ1n) is 5.40. The van der Waals surface area contributed by atoms with Crippen LogP contribution in [-0.4, -0.2) is 20.1 Å². The van der Waals surface area contributed by atoms with Gasteiger partial charge in [-0.3, -0.25) is 4.79 Å². The second-order valence-electron chi connectivity index (χ2n) is 3.65. The minimum atomic E-state index is -0.317. The van der Waals surface area contributed by atoms with E-state index in [0.29, 0.717) is 27.8 Å². The van der Waals surface area contributed by atoms with E-state index in [1.807, 2.05) is 0 Å². The van der Waals surface area contributed by atoms with Gasteiger partial charge in [-0.1, -0.05) is 11.6 Å². The first kappa shape index (κ1) is 13.3. The highest BCUT2D eigenvalue weighted by atomic mass is 35.5. The zero-order valence-corrected chi connectivity index (χ0v) is 11.2. The molecule has 0 aliphatic carbocycles. The fourth-order valence-corrected chi connectivity index (χ4v) is 1.74. The first-order valence-corrected chi connectivity index (χ1v) is 5.78. The summed E-state index contributed by atoms with van der Waals surface area (Å²) in [4.78, 5) is 11.9. The normalized spacial score (nSPS) is 10.1. The molecular formula is C13H12ClNO4. The number of carbonyl (C=O) groups excluding carboxylic acids is 1. The molecule has 0 fully saturated rings. The SMILES string of the molecule is COc1cc(Cl)c(NC(=O)c2ccoc2)cc1OC. The van der Waals surface area contributed by atoms with Crippen LogP contribution in [0.4, 0.5) is 5.69 Å². The Labute approximate surface area is 115 Å². The van der Waals surface area contributed by atoms with E-state index in [-0.39, 0.29) is 5.91 Å². The van der Waals surface area contributed by atoms with Crippen LogP contribution in [0.3, 0.4) is 0 Å². The quantitative estimate of drug-likeness (QED) is 0.935. The minimum Gasteiger partial charge on any atom is -0.493 e. The van der Waals surface area contributed by atoms with Crippen molar-refractivity contribution in [2.75, 3.05) is 19.5 Å². The fraction of sp³-hybridized carbons (Fsp3) is 0.154. The largest absolute Gasteiger partial charge is 0.493 e. The predicted molar refractivity (Wildman–Crippen MR) is 71.2 cm³/mol. The average Bonchev–Trinajstić information content (AvgIpc) is 2.94. The summed E-state index contributed by atoms with van der Waals surface area (Å²) < 4.78 is 15.1. The molecule has 1 amide bonds. The van der Waals surface area contributed by atoms with Crippen molar-refractivity contribution >= 4 is 23.2 Å². The zero-order chi connectivity index (χ0) is 13.8. The lowest BCUT2D eigenvalue weighted by molar-refractivity contribution is 0.102. The van der Waals surface area contributed by atoms with Crippen LogP contribution in [0.25, 0.3) is 0 Å². The van der Waals surface area contributed by atoms with Gasteiger partial charge >= 0.3 is 0 Å². The number of amides is 1. The predicted octanol–water partition coefficient (Wildman–Crippen LogP) is 3.20. The van der Waals surface area contributed by atoms with Gasteiger partial charge in [0.1, 0.15) is 6.26 Å². The number of hydrogen-bond acceptors (Lipinski definition) is 4. The van der Waals surface area contributed by atoms with Gasteiger partial charge in [0, 0.05) is 12.1 Å². The molecule has 1 aromatic carbocycles. The monoisotopic (exact) mass is 281 g/mol.